The molecular weight excluding hydrogens is 252 g/mol. The molecule has 0 saturated heterocycles. The minimum Gasteiger partial charge on any atom is -0.497 e. The Hall–Kier alpha value is -2.28. The Morgan fingerprint density at radius 2 is 1.95 bits per heavy atom. The van der Waals surface area contributed by atoms with E-state index in [1.807, 2.05) is 0 Å². The van der Waals surface area contributed by atoms with Crippen molar-refractivity contribution in [1.29, 1.82) is 0 Å². The second-order valence-corrected chi connectivity index (χ2v) is 3.62. The van der Waals surface area contributed by atoms with Crippen molar-refractivity contribution in [2.75, 3.05) is 26.6 Å². The molecule has 1 rings (SSSR count). The van der Waals surface area contributed by atoms with E-state index in [2.05, 4.69) is 10.6 Å². The van der Waals surface area contributed by atoms with Gasteiger partial charge in [0, 0.05) is 6.07 Å². The maximum atomic E-state index is 11.8. The van der Waals surface area contributed by atoms with Crippen LogP contribution < -0.4 is 20.1 Å². The maximum absolute atomic E-state index is 11.8. The fraction of sp³-hybridized carbons (Fsp3) is 0.333. The average Bonchev–Trinajstić information content (AvgIpc) is 2.39. The van der Waals surface area contributed by atoms with Crippen molar-refractivity contribution in [2.45, 2.75) is 6.04 Å². The van der Waals surface area contributed by atoms with Gasteiger partial charge in [-0.3, -0.25) is 10.1 Å². The highest BCUT2D eigenvalue weighted by Gasteiger charge is 2.24. The van der Waals surface area contributed by atoms with E-state index in [1.54, 1.807) is 18.2 Å². The van der Waals surface area contributed by atoms with Gasteiger partial charge in [0.25, 0.3) is 5.91 Å². The van der Waals surface area contributed by atoms with Crippen molar-refractivity contribution in [3.63, 3.8) is 0 Å². The molecule has 7 nitrogen and oxygen atoms in total. The number of carbonyl (C=O) groups excluding carboxylic acids is 1. The third kappa shape index (κ3) is 3.59. The van der Waals surface area contributed by atoms with E-state index in [0.717, 1.165) is 0 Å². The Morgan fingerprint density at radius 3 is 2.42 bits per heavy atom. The molecule has 0 bridgehead atoms. The van der Waals surface area contributed by atoms with Crippen molar-refractivity contribution in [3.8, 4) is 11.5 Å². The van der Waals surface area contributed by atoms with Crippen molar-refractivity contribution in [3.05, 3.63) is 18.2 Å². The van der Waals surface area contributed by atoms with Gasteiger partial charge in [-0.2, -0.15) is 0 Å². The first-order chi connectivity index (χ1) is 9.03. The van der Waals surface area contributed by atoms with Gasteiger partial charge in [-0.1, -0.05) is 0 Å². The number of likely N-dealkylation sites (N-methyl/N-ethyl adjacent to an activating group) is 1. The van der Waals surface area contributed by atoms with Crippen molar-refractivity contribution in [1.82, 2.24) is 5.32 Å². The van der Waals surface area contributed by atoms with E-state index in [1.165, 1.54) is 21.3 Å². The molecule has 7 heteroatoms. The molecule has 19 heavy (non-hydrogen) atoms. The monoisotopic (exact) mass is 268 g/mol. The molecule has 0 fully saturated rings. The highest BCUT2D eigenvalue weighted by Crippen LogP contribution is 2.29. The summed E-state index contributed by atoms with van der Waals surface area (Å²) in [5, 5.41) is 13.7. The van der Waals surface area contributed by atoms with Gasteiger partial charge in [-0.05, 0) is 19.2 Å². The van der Waals surface area contributed by atoms with Crippen LogP contribution in [-0.4, -0.2) is 44.3 Å². The topological polar surface area (TPSA) is 96.9 Å². The van der Waals surface area contributed by atoms with Gasteiger partial charge < -0.3 is 19.9 Å². The molecular formula is C12H16N2O5. The predicted molar refractivity (Wildman–Crippen MR) is 68.7 cm³/mol. The van der Waals surface area contributed by atoms with E-state index < -0.39 is 17.9 Å². The molecule has 0 aliphatic rings. The third-order valence-electron chi connectivity index (χ3n) is 2.46. The summed E-state index contributed by atoms with van der Waals surface area (Å²) in [7, 11) is 4.34. The summed E-state index contributed by atoms with van der Waals surface area (Å²) in [5.74, 6) is -0.989. The normalized spacial score (nSPS) is 11.5. The van der Waals surface area contributed by atoms with Crippen LogP contribution in [0.15, 0.2) is 18.2 Å². The summed E-state index contributed by atoms with van der Waals surface area (Å²) in [6, 6.07) is 3.47. The van der Waals surface area contributed by atoms with Crippen LogP contribution in [0.1, 0.15) is 0 Å². The number of amides is 1. The Labute approximate surface area is 110 Å². The zero-order valence-electron chi connectivity index (χ0n) is 10.9. The van der Waals surface area contributed by atoms with E-state index in [0.29, 0.717) is 17.2 Å². The molecule has 1 unspecified atom stereocenters. The lowest BCUT2D eigenvalue weighted by Gasteiger charge is -2.14. The quantitative estimate of drug-likeness (QED) is 0.643. The van der Waals surface area contributed by atoms with Crippen LogP contribution in [0.4, 0.5) is 5.69 Å². The molecule has 0 radical (unpaired) electrons. The molecule has 1 aromatic carbocycles. The Morgan fingerprint density at radius 1 is 1.26 bits per heavy atom. The van der Waals surface area contributed by atoms with E-state index >= 15 is 0 Å². The van der Waals surface area contributed by atoms with Crippen LogP contribution in [0.3, 0.4) is 0 Å². The van der Waals surface area contributed by atoms with Gasteiger partial charge in [0.05, 0.1) is 19.9 Å². The molecule has 0 aliphatic heterocycles. The minimum atomic E-state index is -1.33. The number of methoxy groups -OCH3 is 2. The Bertz CT molecular complexity index is 475. The summed E-state index contributed by atoms with van der Waals surface area (Å²) in [4.78, 5) is 22.6. The van der Waals surface area contributed by atoms with Gasteiger partial charge in [-0.15, -0.1) is 0 Å². The fourth-order valence-electron chi connectivity index (χ4n) is 1.47. The van der Waals surface area contributed by atoms with E-state index in [-0.39, 0.29) is 0 Å². The van der Waals surface area contributed by atoms with Crippen LogP contribution >= 0.6 is 0 Å². The predicted octanol–water partition coefficient (Wildman–Crippen LogP) is 0.315. The minimum absolute atomic E-state index is 0.370. The molecule has 0 heterocycles. The number of carboxylic acids is 1. The molecule has 1 atom stereocenters. The molecule has 0 saturated carbocycles. The number of ether oxygens (including phenoxy) is 2. The lowest BCUT2D eigenvalue weighted by molar-refractivity contribution is -0.142. The summed E-state index contributed by atoms with van der Waals surface area (Å²) in [6.45, 7) is 0. The van der Waals surface area contributed by atoms with Crippen molar-refractivity contribution < 1.29 is 24.2 Å². The first-order valence-electron chi connectivity index (χ1n) is 5.46. The van der Waals surface area contributed by atoms with Crippen molar-refractivity contribution >= 4 is 17.6 Å². The highest BCUT2D eigenvalue weighted by atomic mass is 16.5. The molecule has 0 aliphatic carbocycles. The Kier molecular flexibility index (Phi) is 5.13. The third-order valence-corrected chi connectivity index (χ3v) is 2.46. The number of carbonyl (C=O) groups is 2. The average molecular weight is 268 g/mol. The maximum Gasteiger partial charge on any atom is 0.330 e. The standard InChI is InChI=1S/C12H16N2O5/c1-13-10(12(16)17)11(15)14-8-5-4-7(18-2)6-9(8)19-3/h4-6,10,13H,1-3H3,(H,14,15)(H,16,17). The van der Waals surface area contributed by atoms with Gasteiger partial charge in [-0.25, -0.2) is 4.79 Å². The van der Waals surface area contributed by atoms with Crippen LogP contribution in [0.2, 0.25) is 0 Å². The highest BCUT2D eigenvalue weighted by molar-refractivity contribution is 6.08. The fourth-order valence-corrected chi connectivity index (χ4v) is 1.47. The largest absolute Gasteiger partial charge is 0.497 e. The first kappa shape index (κ1) is 14.8. The number of carboxylic acid groups (broad SMARTS) is 1. The van der Waals surface area contributed by atoms with Crippen LogP contribution in [0.5, 0.6) is 11.5 Å². The number of nitrogens with one attached hydrogen (secondary N) is 2. The molecule has 104 valence electrons. The summed E-state index contributed by atoms with van der Waals surface area (Å²) in [6.07, 6.45) is 0. The zero-order valence-corrected chi connectivity index (χ0v) is 10.9. The molecule has 0 spiro atoms. The number of rotatable bonds is 6. The zero-order chi connectivity index (χ0) is 14.4. The summed E-state index contributed by atoms with van der Waals surface area (Å²) >= 11 is 0. The second kappa shape index (κ2) is 6.60. The van der Waals surface area contributed by atoms with Gasteiger partial charge in [0.2, 0.25) is 0 Å². The molecule has 3 N–H and O–H groups in total. The van der Waals surface area contributed by atoms with Gasteiger partial charge >= 0.3 is 5.97 Å². The molecule has 1 amide bonds. The molecule has 1 aromatic rings. The lowest BCUT2D eigenvalue weighted by Crippen LogP contribution is -2.44. The van der Waals surface area contributed by atoms with Crippen LogP contribution in [0, 0.1) is 0 Å². The Balaban J connectivity index is 2.92. The first-order valence-corrected chi connectivity index (χ1v) is 5.46. The van der Waals surface area contributed by atoms with Crippen LogP contribution in [0.25, 0.3) is 0 Å². The summed E-state index contributed by atoms with van der Waals surface area (Å²) in [5.41, 5.74) is 0.370. The number of aliphatic carboxylic acids is 1. The van der Waals surface area contributed by atoms with Gasteiger partial charge in [0.15, 0.2) is 6.04 Å². The van der Waals surface area contributed by atoms with Crippen LogP contribution in [-0.2, 0) is 9.59 Å². The van der Waals surface area contributed by atoms with Gasteiger partial charge in [0.1, 0.15) is 11.5 Å². The van der Waals surface area contributed by atoms with E-state index in [4.69, 9.17) is 14.6 Å². The smallest absolute Gasteiger partial charge is 0.330 e. The number of anilines is 1. The summed E-state index contributed by atoms with van der Waals surface area (Å²) < 4.78 is 10.1. The molecule has 0 aromatic heterocycles. The second-order valence-electron chi connectivity index (χ2n) is 3.62. The van der Waals surface area contributed by atoms with Crippen molar-refractivity contribution in [2.24, 2.45) is 0 Å². The SMILES string of the molecule is CNC(C(=O)O)C(=O)Nc1ccc(OC)cc1OC. The number of hydrogen-bond donors (Lipinski definition) is 3. The lowest BCUT2D eigenvalue weighted by atomic mass is 10.2. The van der Waals surface area contributed by atoms with E-state index in [9.17, 15) is 9.59 Å². The number of hydrogen-bond acceptors (Lipinski definition) is 5. The number of benzene rings is 1.